The Kier molecular flexibility index (Phi) is 3.17. The third kappa shape index (κ3) is 2.48. The molecule has 6 heteroatoms. The van der Waals surface area contributed by atoms with Gasteiger partial charge in [-0.2, -0.15) is 0 Å². The number of hydrazine groups is 1. The van der Waals surface area contributed by atoms with E-state index in [1.54, 1.807) is 0 Å². The topological polar surface area (TPSA) is 87.3 Å². The fraction of sp³-hybridized carbons (Fsp3) is 0.636. The SMILES string of the molecule is Cc1c(NN)ncnc1N1CCC(C)(O)CC1. The molecule has 0 radical (unpaired) electrons. The van der Waals surface area contributed by atoms with Gasteiger partial charge in [-0.05, 0) is 26.7 Å². The van der Waals surface area contributed by atoms with Gasteiger partial charge in [-0.1, -0.05) is 0 Å². The van der Waals surface area contributed by atoms with Crippen molar-refractivity contribution < 1.29 is 5.11 Å². The van der Waals surface area contributed by atoms with Gasteiger partial charge in [0.05, 0.1) is 5.60 Å². The Balaban J connectivity index is 2.19. The molecular formula is C11H19N5O. The Labute approximate surface area is 101 Å². The van der Waals surface area contributed by atoms with Crippen LogP contribution in [0.1, 0.15) is 25.3 Å². The Morgan fingerprint density at radius 3 is 2.65 bits per heavy atom. The lowest BCUT2D eigenvalue weighted by Crippen LogP contribution is -2.43. The molecule has 0 bridgehead atoms. The van der Waals surface area contributed by atoms with Gasteiger partial charge in [0.1, 0.15) is 18.0 Å². The Morgan fingerprint density at radius 1 is 1.41 bits per heavy atom. The first-order valence-corrected chi connectivity index (χ1v) is 5.79. The van der Waals surface area contributed by atoms with Crippen LogP contribution in [-0.4, -0.2) is 33.8 Å². The van der Waals surface area contributed by atoms with Crippen molar-refractivity contribution in [3.8, 4) is 0 Å². The molecule has 0 aromatic carbocycles. The number of nitrogens with two attached hydrogens (primary N) is 1. The van der Waals surface area contributed by atoms with Gasteiger partial charge in [-0.25, -0.2) is 15.8 Å². The molecule has 0 atom stereocenters. The largest absolute Gasteiger partial charge is 0.390 e. The van der Waals surface area contributed by atoms with Gasteiger partial charge in [0.15, 0.2) is 0 Å². The first kappa shape index (κ1) is 12.1. The summed E-state index contributed by atoms with van der Waals surface area (Å²) in [7, 11) is 0. The molecule has 1 aromatic rings. The van der Waals surface area contributed by atoms with Crippen molar-refractivity contribution in [1.29, 1.82) is 0 Å². The Hall–Kier alpha value is -1.40. The molecule has 0 amide bonds. The molecule has 0 aliphatic carbocycles. The fourth-order valence-electron chi connectivity index (χ4n) is 2.11. The van der Waals surface area contributed by atoms with E-state index in [9.17, 15) is 5.11 Å². The van der Waals surface area contributed by atoms with Crippen LogP contribution in [0, 0.1) is 6.92 Å². The monoisotopic (exact) mass is 237 g/mol. The molecule has 0 spiro atoms. The first-order chi connectivity index (χ1) is 8.03. The van der Waals surface area contributed by atoms with E-state index in [-0.39, 0.29) is 0 Å². The second-order valence-corrected chi connectivity index (χ2v) is 4.80. The van der Waals surface area contributed by atoms with Gasteiger partial charge in [0, 0.05) is 18.7 Å². The third-order valence-electron chi connectivity index (χ3n) is 3.33. The molecule has 2 rings (SSSR count). The van der Waals surface area contributed by atoms with Crippen LogP contribution in [0.5, 0.6) is 0 Å². The maximum absolute atomic E-state index is 9.92. The standard InChI is InChI=1S/C11H19N5O/c1-8-9(15-12)13-7-14-10(8)16-5-3-11(2,17)4-6-16/h7,17H,3-6,12H2,1-2H3,(H,13,14,15). The summed E-state index contributed by atoms with van der Waals surface area (Å²) >= 11 is 0. The van der Waals surface area contributed by atoms with E-state index in [0.29, 0.717) is 5.82 Å². The van der Waals surface area contributed by atoms with E-state index >= 15 is 0 Å². The fourth-order valence-corrected chi connectivity index (χ4v) is 2.11. The highest BCUT2D eigenvalue weighted by atomic mass is 16.3. The number of aliphatic hydroxyl groups is 1. The number of rotatable bonds is 2. The van der Waals surface area contributed by atoms with Gasteiger partial charge in [-0.15, -0.1) is 0 Å². The molecule has 1 aromatic heterocycles. The lowest BCUT2D eigenvalue weighted by Gasteiger charge is -2.37. The van der Waals surface area contributed by atoms with E-state index < -0.39 is 5.60 Å². The molecular weight excluding hydrogens is 218 g/mol. The molecule has 17 heavy (non-hydrogen) atoms. The molecule has 6 nitrogen and oxygen atoms in total. The van der Waals surface area contributed by atoms with E-state index in [1.165, 1.54) is 6.33 Å². The number of hydrogen-bond donors (Lipinski definition) is 3. The second kappa shape index (κ2) is 4.46. The van der Waals surface area contributed by atoms with Crippen LogP contribution < -0.4 is 16.2 Å². The Morgan fingerprint density at radius 2 is 2.06 bits per heavy atom. The summed E-state index contributed by atoms with van der Waals surface area (Å²) in [4.78, 5) is 10.5. The summed E-state index contributed by atoms with van der Waals surface area (Å²) in [6, 6.07) is 0. The molecule has 0 unspecified atom stereocenters. The number of hydrogen-bond acceptors (Lipinski definition) is 6. The van der Waals surface area contributed by atoms with Gasteiger partial charge < -0.3 is 15.4 Å². The van der Waals surface area contributed by atoms with Crippen molar-refractivity contribution in [2.24, 2.45) is 5.84 Å². The minimum Gasteiger partial charge on any atom is -0.390 e. The predicted octanol–water partition coefficient (Wildman–Crippen LogP) is 0.422. The quantitative estimate of drug-likeness (QED) is 0.510. The number of nitrogens with one attached hydrogen (secondary N) is 1. The molecule has 1 aliphatic heterocycles. The summed E-state index contributed by atoms with van der Waals surface area (Å²) in [5, 5.41) is 9.92. The predicted molar refractivity (Wildman–Crippen MR) is 66.6 cm³/mol. The second-order valence-electron chi connectivity index (χ2n) is 4.80. The van der Waals surface area contributed by atoms with Crippen molar-refractivity contribution >= 4 is 11.6 Å². The third-order valence-corrected chi connectivity index (χ3v) is 3.33. The smallest absolute Gasteiger partial charge is 0.148 e. The van der Waals surface area contributed by atoms with Crippen molar-refractivity contribution in [3.63, 3.8) is 0 Å². The molecule has 2 heterocycles. The molecule has 4 N–H and O–H groups in total. The van der Waals surface area contributed by atoms with Gasteiger partial charge in [-0.3, -0.25) is 0 Å². The summed E-state index contributed by atoms with van der Waals surface area (Å²) in [6.45, 7) is 5.42. The highest BCUT2D eigenvalue weighted by Gasteiger charge is 2.28. The van der Waals surface area contributed by atoms with E-state index in [2.05, 4.69) is 20.3 Å². The summed E-state index contributed by atoms with van der Waals surface area (Å²) in [5.41, 5.74) is 2.96. The zero-order chi connectivity index (χ0) is 12.5. The van der Waals surface area contributed by atoms with E-state index in [1.807, 2.05) is 13.8 Å². The normalized spacial score (nSPS) is 19.2. The minimum absolute atomic E-state index is 0.549. The summed E-state index contributed by atoms with van der Waals surface area (Å²) < 4.78 is 0. The van der Waals surface area contributed by atoms with Crippen LogP contribution in [0.2, 0.25) is 0 Å². The first-order valence-electron chi connectivity index (χ1n) is 5.79. The maximum atomic E-state index is 9.92. The highest BCUT2D eigenvalue weighted by Crippen LogP contribution is 2.28. The Bertz CT molecular complexity index is 397. The number of anilines is 2. The minimum atomic E-state index is -0.549. The van der Waals surface area contributed by atoms with Crippen LogP contribution >= 0.6 is 0 Å². The lowest BCUT2D eigenvalue weighted by molar-refractivity contribution is 0.0350. The number of nitrogen functional groups attached to an aromatic ring is 1. The number of piperidine rings is 1. The zero-order valence-corrected chi connectivity index (χ0v) is 10.3. The molecule has 1 fully saturated rings. The summed E-state index contributed by atoms with van der Waals surface area (Å²) in [6.07, 6.45) is 3.01. The lowest BCUT2D eigenvalue weighted by atomic mass is 9.94. The van der Waals surface area contributed by atoms with Crippen LogP contribution in [0.4, 0.5) is 11.6 Å². The number of aromatic nitrogens is 2. The maximum Gasteiger partial charge on any atom is 0.148 e. The molecule has 1 aliphatic rings. The van der Waals surface area contributed by atoms with Crippen molar-refractivity contribution in [2.45, 2.75) is 32.3 Å². The molecule has 0 saturated carbocycles. The van der Waals surface area contributed by atoms with E-state index in [0.717, 1.165) is 37.3 Å². The number of nitrogens with zero attached hydrogens (tertiary/aromatic N) is 3. The molecule has 1 saturated heterocycles. The van der Waals surface area contributed by atoms with Crippen LogP contribution in [0.25, 0.3) is 0 Å². The van der Waals surface area contributed by atoms with Crippen molar-refractivity contribution in [2.75, 3.05) is 23.4 Å². The van der Waals surface area contributed by atoms with Gasteiger partial charge >= 0.3 is 0 Å². The van der Waals surface area contributed by atoms with Gasteiger partial charge in [0.25, 0.3) is 0 Å². The summed E-state index contributed by atoms with van der Waals surface area (Å²) in [5.74, 6) is 6.93. The van der Waals surface area contributed by atoms with Crippen LogP contribution in [0.15, 0.2) is 6.33 Å². The van der Waals surface area contributed by atoms with Gasteiger partial charge in [0.2, 0.25) is 0 Å². The van der Waals surface area contributed by atoms with Crippen LogP contribution in [0.3, 0.4) is 0 Å². The average Bonchev–Trinajstić information content (AvgIpc) is 2.30. The average molecular weight is 237 g/mol. The van der Waals surface area contributed by atoms with Crippen molar-refractivity contribution in [3.05, 3.63) is 11.9 Å². The zero-order valence-electron chi connectivity index (χ0n) is 10.3. The van der Waals surface area contributed by atoms with Crippen LogP contribution in [-0.2, 0) is 0 Å². The molecule has 94 valence electrons. The van der Waals surface area contributed by atoms with Crippen molar-refractivity contribution in [1.82, 2.24) is 9.97 Å². The highest BCUT2D eigenvalue weighted by molar-refractivity contribution is 5.57. The van der Waals surface area contributed by atoms with E-state index in [4.69, 9.17) is 5.84 Å².